The van der Waals surface area contributed by atoms with E-state index in [0.717, 1.165) is 32.4 Å². The third-order valence-electron chi connectivity index (χ3n) is 7.69. The summed E-state index contributed by atoms with van der Waals surface area (Å²) in [4.78, 5) is 12.8. The van der Waals surface area contributed by atoms with E-state index in [1.807, 2.05) is 6.07 Å². The van der Waals surface area contributed by atoms with Crippen LogP contribution in [-0.2, 0) is 19.8 Å². The molecule has 0 aliphatic carbocycles. The molecule has 218 valence electrons. The van der Waals surface area contributed by atoms with Gasteiger partial charge in [0.2, 0.25) is 0 Å². The molecule has 2 aliphatic heterocycles. The van der Waals surface area contributed by atoms with Gasteiger partial charge in [-0.25, -0.2) is 13.6 Å². The van der Waals surface area contributed by atoms with Crippen molar-refractivity contribution in [2.24, 2.45) is 0 Å². The molecule has 3 aromatic rings. The summed E-state index contributed by atoms with van der Waals surface area (Å²) in [5, 5.41) is 10.2. The Morgan fingerprint density at radius 1 is 1.12 bits per heavy atom. The number of esters is 1. The topological polar surface area (TPSA) is 83.5 Å². The van der Waals surface area contributed by atoms with E-state index in [4.69, 9.17) is 35.3 Å². The first kappa shape index (κ1) is 29.3. The predicted octanol–water partition coefficient (Wildman–Crippen LogP) is 6.38. The van der Waals surface area contributed by atoms with E-state index in [-0.39, 0.29) is 47.7 Å². The molecule has 1 fully saturated rings. The lowest BCUT2D eigenvalue weighted by Gasteiger charge is -2.32. The van der Waals surface area contributed by atoms with Crippen molar-refractivity contribution in [2.45, 2.75) is 44.0 Å². The molecule has 7 nitrogen and oxygen atoms in total. The van der Waals surface area contributed by atoms with Gasteiger partial charge in [0.1, 0.15) is 18.2 Å². The zero-order chi connectivity index (χ0) is 29.1. The van der Waals surface area contributed by atoms with E-state index in [1.54, 1.807) is 31.2 Å². The van der Waals surface area contributed by atoms with Gasteiger partial charge in [0.25, 0.3) is 0 Å². The van der Waals surface area contributed by atoms with Crippen LogP contribution in [0.2, 0.25) is 5.02 Å². The van der Waals surface area contributed by atoms with Crippen LogP contribution in [0, 0.1) is 11.6 Å². The molecule has 3 aromatic carbocycles. The van der Waals surface area contributed by atoms with Crippen molar-refractivity contribution in [3.63, 3.8) is 0 Å². The largest absolute Gasteiger partial charge is 0.488 e. The molecule has 0 aromatic heterocycles. The summed E-state index contributed by atoms with van der Waals surface area (Å²) in [6.45, 7) is 2.10. The number of methoxy groups -OCH3 is 1. The summed E-state index contributed by atoms with van der Waals surface area (Å²) < 4.78 is 59.7. The molecule has 1 saturated heterocycles. The third kappa shape index (κ3) is 5.39. The minimum Gasteiger partial charge on any atom is -0.488 e. The van der Waals surface area contributed by atoms with Gasteiger partial charge in [0.05, 0.1) is 30.9 Å². The van der Waals surface area contributed by atoms with Crippen LogP contribution in [0.25, 0.3) is 11.1 Å². The van der Waals surface area contributed by atoms with E-state index in [9.17, 15) is 9.90 Å². The molecule has 41 heavy (non-hydrogen) atoms. The predicted molar refractivity (Wildman–Crippen MR) is 147 cm³/mol. The van der Waals surface area contributed by atoms with Gasteiger partial charge < -0.3 is 28.8 Å². The maximum Gasteiger partial charge on any atom is 0.338 e. The van der Waals surface area contributed by atoms with Crippen molar-refractivity contribution in [3.8, 4) is 22.6 Å². The quantitative estimate of drug-likeness (QED) is 0.229. The van der Waals surface area contributed by atoms with E-state index in [0.29, 0.717) is 17.7 Å². The fourth-order valence-corrected chi connectivity index (χ4v) is 5.80. The molecule has 0 bridgehead atoms. The average molecular weight is 589 g/mol. The van der Waals surface area contributed by atoms with Gasteiger partial charge >= 0.3 is 5.97 Å². The van der Waals surface area contributed by atoms with Crippen molar-refractivity contribution in [1.82, 2.24) is 0 Å². The number of benzene rings is 3. The lowest BCUT2D eigenvalue weighted by atomic mass is 9.78. The smallest absolute Gasteiger partial charge is 0.338 e. The highest BCUT2D eigenvalue weighted by molar-refractivity contribution is 6.34. The van der Waals surface area contributed by atoms with Gasteiger partial charge in [0, 0.05) is 35.3 Å². The molecule has 3 atom stereocenters. The molecule has 0 amide bonds. The molecule has 0 radical (unpaired) electrons. The summed E-state index contributed by atoms with van der Waals surface area (Å²) in [6, 6.07) is 12.7. The Morgan fingerprint density at radius 3 is 2.59 bits per heavy atom. The van der Waals surface area contributed by atoms with Gasteiger partial charge in [-0.1, -0.05) is 48.9 Å². The molecule has 3 unspecified atom stereocenters. The van der Waals surface area contributed by atoms with Crippen molar-refractivity contribution in [3.05, 3.63) is 81.9 Å². The van der Waals surface area contributed by atoms with Crippen molar-refractivity contribution in [2.75, 3.05) is 33.5 Å². The molecule has 1 N–H and O–H groups in total. The number of halogens is 3. The number of ether oxygens (including phenoxy) is 5. The number of aliphatic hydroxyl groups excluding tert-OH is 1. The third-order valence-corrected chi connectivity index (χ3v) is 8.06. The highest BCUT2D eigenvalue weighted by Crippen LogP contribution is 2.56. The summed E-state index contributed by atoms with van der Waals surface area (Å²) in [6.07, 6.45) is 2.42. The maximum absolute atomic E-state index is 16.3. The Labute approximate surface area is 241 Å². The van der Waals surface area contributed by atoms with Crippen LogP contribution >= 0.6 is 11.6 Å². The Kier molecular flexibility index (Phi) is 8.79. The highest BCUT2D eigenvalue weighted by Gasteiger charge is 2.49. The number of fused-ring (bicyclic) bond motifs is 1. The molecule has 10 heteroatoms. The number of aliphatic hydroxyl groups is 1. The Bertz CT molecular complexity index is 1410. The minimum absolute atomic E-state index is 0.00389. The second-order valence-electron chi connectivity index (χ2n) is 10.0. The van der Waals surface area contributed by atoms with Crippen molar-refractivity contribution < 1.29 is 42.4 Å². The molecule has 0 spiro atoms. The second kappa shape index (κ2) is 12.3. The summed E-state index contributed by atoms with van der Waals surface area (Å²) in [5.41, 5.74) is -0.856. The van der Waals surface area contributed by atoms with Gasteiger partial charge in [-0.3, -0.25) is 0 Å². The lowest BCUT2D eigenvalue weighted by molar-refractivity contribution is -0.165. The van der Waals surface area contributed by atoms with Crippen molar-refractivity contribution in [1.29, 1.82) is 0 Å². The SMILES string of the molecule is COC(=O)c1ccc(OCCOC2CCCCO2)c(F)c1-c1c(Cl)c(F)cc2c1C(C)C(CO)(c1ccccc1)O2. The Morgan fingerprint density at radius 2 is 1.90 bits per heavy atom. The van der Waals surface area contributed by atoms with Gasteiger partial charge in [-0.2, -0.15) is 0 Å². The highest BCUT2D eigenvalue weighted by atomic mass is 35.5. The van der Waals surface area contributed by atoms with E-state index in [1.165, 1.54) is 12.1 Å². The van der Waals surface area contributed by atoms with Crippen molar-refractivity contribution >= 4 is 17.6 Å². The normalized spacial score (nSPS) is 21.7. The van der Waals surface area contributed by atoms with Gasteiger partial charge in [0.15, 0.2) is 23.5 Å². The van der Waals surface area contributed by atoms with Crippen LogP contribution in [0.4, 0.5) is 8.78 Å². The van der Waals surface area contributed by atoms with Crippen LogP contribution in [0.3, 0.4) is 0 Å². The fourth-order valence-electron chi connectivity index (χ4n) is 5.55. The number of hydrogen-bond acceptors (Lipinski definition) is 7. The van der Waals surface area contributed by atoms with E-state index >= 15 is 8.78 Å². The lowest BCUT2D eigenvalue weighted by Crippen LogP contribution is -2.38. The number of rotatable bonds is 9. The van der Waals surface area contributed by atoms with E-state index in [2.05, 4.69) is 0 Å². The average Bonchev–Trinajstić information content (AvgIpc) is 3.29. The zero-order valence-electron chi connectivity index (χ0n) is 22.8. The standard InChI is InChI=1S/C31H31ClF2O7/c1-18-25-23(41-31(18,17-35)19-8-4-3-5-9-19)16-21(33)28(32)27(25)26-20(30(36)37-2)11-12-22(29(26)34)38-14-15-40-24-10-6-7-13-39-24/h3-5,8-9,11-12,16,18,24,35H,6-7,10,13-15,17H2,1-2H3. The molecular weight excluding hydrogens is 558 g/mol. The molecule has 0 saturated carbocycles. The van der Waals surface area contributed by atoms with Crippen LogP contribution in [-0.4, -0.2) is 50.9 Å². The fraction of sp³-hybridized carbons (Fsp3) is 0.387. The maximum atomic E-state index is 16.3. The second-order valence-corrected chi connectivity index (χ2v) is 10.4. The van der Waals surface area contributed by atoms with Gasteiger partial charge in [-0.05, 0) is 37.0 Å². The van der Waals surface area contributed by atoms with Gasteiger partial charge in [-0.15, -0.1) is 0 Å². The first-order valence-corrected chi connectivity index (χ1v) is 13.8. The first-order chi connectivity index (χ1) is 19.8. The first-order valence-electron chi connectivity index (χ1n) is 13.5. The molecule has 2 aliphatic rings. The van der Waals surface area contributed by atoms with E-state index < -0.39 is 40.8 Å². The van der Waals surface area contributed by atoms with Crippen LogP contribution in [0.1, 0.15) is 53.6 Å². The van der Waals surface area contributed by atoms with Crippen LogP contribution in [0.5, 0.6) is 11.5 Å². The number of hydrogen-bond donors (Lipinski definition) is 1. The zero-order valence-corrected chi connectivity index (χ0v) is 23.5. The summed E-state index contributed by atoms with van der Waals surface area (Å²) >= 11 is 6.53. The molecule has 5 rings (SSSR count). The van der Waals surface area contributed by atoms with Crippen LogP contribution < -0.4 is 9.47 Å². The number of carbonyl (C=O) groups excluding carboxylic acids is 1. The minimum atomic E-state index is -1.30. The van der Waals surface area contributed by atoms with Crippen LogP contribution in [0.15, 0.2) is 48.5 Å². The molecular formula is C31H31ClF2O7. The number of carbonyl (C=O) groups is 1. The molecule has 2 heterocycles. The monoisotopic (exact) mass is 588 g/mol. The Hall–Kier alpha value is -3.24. The Balaban J connectivity index is 1.57. The summed E-state index contributed by atoms with van der Waals surface area (Å²) in [5.74, 6) is -3.38. The summed E-state index contributed by atoms with van der Waals surface area (Å²) in [7, 11) is 1.16.